The molecule has 1 amide bonds. The van der Waals surface area contributed by atoms with Gasteiger partial charge in [0.15, 0.2) is 0 Å². The van der Waals surface area contributed by atoms with Crippen LogP contribution in [0.15, 0.2) is 22.3 Å². The van der Waals surface area contributed by atoms with Crippen molar-refractivity contribution in [2.75, 3.05) is 0 Å². The fourth-order valence-corrected chi connectivity index (χ4v) is 4.81. The monoisotopic (exact) mass is 372 g/mol. The van der Waals surface area contributed by atoms with E-state index in [1.54, 1.807) is 18.3 Å². The van der Waals surface area contributed by atoms with Gasteiger partial charge in [0.1, 0.15) is 17.4 Å². The van der Waals surface area contributed by atoms with Gasteiger partial charge >= 0.3 is 0 Å². The molecule has 138 valence electrons. The van der Waals surface area contributed by atoms with Crippen molar-refractivity contribution in [1.82, 2.24) is 19.5 Å². The van der Waals surface area contributed by atoms with Crippen LogP contribution in [0, 0.1) is 12.8 Å². The lowest BCUT2D eigenvalue weighted by atomic mass is 9.86. The van der Waals surface area contributed by atoms with Gasteiger partial charge in [-0.05, 0) is 50.1 Å². The molecule has 1 aliphatic carbocycles. The molecule has 6 nitrogen and oxygen atoms in total. The second-order valence-electron chi connectivity index (χ2n) is 7.38. The summed E-state index contributed by atoms with van der Waals surface area (Å²) >= 11 is 1.60. The standard InChI is InChI=1S/C19H24N4O2S/c1-11-6-4-5-7-14(11)20-18(24)12(2)23-19(25)16-10-17-15(8-9-26-17)22(16)13(3)21-23/h8-12,14H,4-7H2,1-3H3,(H,20,24)/t11-,12+,14+/m0/s1. The minimum absolute atomic E-state index is 0.129. The van der Waals surface area contributed by atoms with E-state index in [-0.39, 0.29) is 17.5 Å². The van der Waals surface area contributed by atoms with Gasteiger partial charge in [-0.2, -0.15) is 5.10 Å². The minimum Gasteiger partial charge on any atom is -0.351 e. The Morgan fingerprint density at radius 2 is 2.12 bits per heavy atom. The van der Waals surface area contributed by atoms with Crippen LogP contribution in [0.3, 0.4) is 0 Å². The molecule has 3 aromatic rings. The quantitative estimate of drug-likeness (QED) is 0.767. The molecule has 26 heavy (non-hydrogen) atoms. The molecule has 1 aliphatic rings. The first kappa shape index (κ1) is 17.3. The van der Waals surface area contributed by atoms with Crippen LogP contribution in [0.4, 0.5) is 0 Å². The van der Waals surface area contributed by atoms with Gasteiger partial charge in [0.05, 0.1) is 10.2 Å². The molecule has 1 fully saturated rings. The Balaban J connectivity index is 1.68. The highest BCUT2D eigenvalue weighted by Gasteiger charge is 2.27. The van der Waals surface area contributed by atoms with E-state index >= 15 is 0 Å². The van der Waals surface area contributed by atoms with Crippen molar-refractivity contribution in [3.8, 4) is 0 Å². The van der Waals surface area contributed by atoms with Crippen LogP contribution in [-0.2, 0) is 4.79 Å². The van der Waals surface area contributed by atoms with Crippen molar-refractivity contribution >= 4 is 33.0 Å². The molecule has 1 N–H and O–H groups in total. The first-order valence-corrected chi connectivity index (χ1v) is 10.1. The largest absolute Gasteiger partial charge is 0.351 e. The number of fused-ring (bicyclic) bond motifs is 3. The number of nitrogens with zero attached hydrogens (tertiary/aromatic N) is 3. The molecule has 0 unspecified atom stereocenters. The van der Waals surface area contributed by atoms with Crippen LogP contribution in [0.5, 0.6) is 0 Å². The van der Waals surface area contributed by atoms with Crippen LogP contribution in [0.25, 0.3) is 15.7 Å². The van der Waals surface area contributed by atoms with Gasteiger partial charge in [-0.1, -0.05) is 19.8 Å². The second kappa shape index (κ2) is 6.54. The molecule has 0 spiro atoms. The SMILES string of the molecule is Cc1nn([C@H](C)C(=O)N[C@@H]2CCCC[C@@H]2C)c(=O)c2cc3sccc3n12. The Hall–Kier alpha value is -2.15. The van der Waals surface area contributed by atoms with Crippen molar-refractivity contribution in [3.05, 3.63) is 33.7 Å². The number of nitrogens with one attached hydrogen (secondary N) is 1. The maximum absolute atomic E-state index is 13.0. The van der Waals surface area contributed by atoms with E-state index in [0.717, 1.165) is 29.5 Å². The van der Waals surface area contributed by atoms with E-state index in [1.165, 1.54) is 11.1 Å². The van der Waals surface area contributed by atoms with E-state index in [4.69, 9.17) is 0 Å². The summed E-state index contributed by atoms with van der Waals surface area (Å²) in [5, 5.41) is 9.59. The fourth-order valence-electron chi connectivity index (χ4n) is 4.00. The number of aryl methyl sites for hydroxylation is 1. The molecule has 3 aromatic heterocycles. The molecule has 7 heteroatoms. The van der Waals surface area contributed by atoms with Gasteiger partial charge in [0.2, 0.25) is 5.91 Å². The normalized spacial score (nSPS) is 22.0. The fraction of sp³-hybridized carbons (Fsp3) is 0.526. The maximum Gasteiger partial charge on any atom is 0.291 e. The number of hydrogen-bond acceptors (Lipinski definition) is 4. The summed E-state index contributed by atoms with van der Waals surface area (Å²) in [6, 6.07) is 3.44. The first-order valence-electron chi connectivity index (χ1n) is 9.26. The van der Waals surface area contributed by atoms with Gasteiger partial charge in [-0.25, -0.2) is 4.68 Å². The number of hydrogen-bond donors (Lipinski definition) is 1. The predicted octanol–water partition coefficient (Wildman–Crippen LogP) is 3.28. The zero-order valence-corrected chi connectivity index (χ0v) is 16.2. The third kappa shape index (κ3) is 2.74. The molecule has 0 bridgehead atoms. The summed E-state index contributed by atoms with van der Waals surface area (Å²) in [5.41, 5.74) is 1.34. The summed E-state index contributed by atoms with van der Waals surface area (Å²) < 4.78 is 4.26. The van der Waals surface area contributed by atoms with Crippen LogP contribution < -0.4 is 10.9 Å². The number of carbonyl (C=O) groups is 1. The van der Waals surface area contributed by atoms with Gasteiger partial charge < -0.3 is 5.32 Å². The number of rotatable bonds is 3. The van der Waals surface area contributed by atoms with E-state index in [2.05, 4.69) is 17.3 Å². The molecular formula is C19H24N4O2S. The highest BCUT2D eigenvalue weighted by atomic mass is 32.1. The zero-order valence-electron chi connectivity index (χ0n) is 15.4. The van der Waals surface area contributed by atoms with Crippen molar-refractivity contribution in [2.45, 2.75) is 58.5 Å². The summed E-state index contributed by atoms with van der Waals surface area (Å²) in [7, 11) is 0. The van der Waals surface area contributed by atoms with Crippen LogP contribution >= 0.6 is 11.3 Å². The third-order valence-corrected chi connectivity index (χ3v) is 6.46. The molecule has 3 atom stereocenters. The second-order valence-corrected chi connectivity index (χ2v) is 8.33. The molecule has 0 aliphatic heterocycles. The smallest absolute Gasteiger partial charge is 0.291 e. The highest BCUT2D eigenvalue weighted by molar-refractivity contribution is 7.17. The van der Waals surface area contributed by atoms with Crippen LogP contribution in [0.2, 0.25) is 0 Å². The molecule has 0 saturated heterocycles. The number of aromatic nitrogens is 3. The van der Waals surface area contributed by atoms with Crippen molar-refractivity contribution in [2.24, 2.45) is 5.92 Å². The summed E-state index contributed by atoms with van der Waals surface area (Å²) in [6.07, 6.45) is 4.53. The van der Waals surface area contributed by atoms with E-state index in [1.807, 2.05) is 28.8 Å². The average molecular weight is 372 g/mol. The summed E-state index contributed by atoms with van der Waals surface area (Å²) in [6.45, 7) is 5.80. The molecule has 1 saturated carbocycles. The van der Waals surface area contributed by atoms with Crippen LogP contribution in [0.1, 0.15) is 51.4 Å². The van der Waals surface area contributed by atoms with Gasteiger partial charge in [-0.3, -0.25) is 14.0 Å². The van der Waals surface area contributed by atoms with Crippen molar-refractivity contribution in [3.63, 3.8) is 0 Å². The lowest BCUT2D eigenvalue weighted by Crippen LogP contribution is -2.45. The topological polar surface area (TPSA) is 68.4 Å². The lowest BCUT2D eigenvalue weighted by Gasteiger charge is -2.30. The minimum atomic E-state index is -0.631. The maximum atomic E-state index is 13.0. The van der Waals surface area contributed by atoms with E-state index in [0.29, 0.717) is 17.3 Å². The zero-order chi connectivity index (χ0) is 18.4. The molecule has 3 heterocycles. The van der Waals surface area contributed by atoms with Crippen molar-refractivity contribution < 1.29 is 4.79 Å². The third-order valence-electron chi connectivity index (χ3n) is 5.61. The van der Waals surface area contributed by atoms with Gasteiger partial charge in [0, 0.05) is 6.04 Å². The van der Waals surface area contributed by atoms with E-state index in [9.17, 15) is 9.59 Å². The predicted molar refractivity (Wildman–Crippen MR) is 104 cm³/mol. The number of amides is 1. The Kier molecular flexibility index (Phi) is 4.34. The molecule has 4 rings (SSSR count). The van der Waals surface area contributed by atoms with Gasteiger partial charge in [0.25, 0.3) is 5.56 Å². The number of thiophene rings is 1. The summed E-state index contributed by atoms with van der Waals surface area (Å²) in [5.74, 6) is 1.06. The molecule has 0 radical (unpaired) electrons. The number of carbonyl (C=O) groups excluding carboxylic acids is 1. The summed E-state index contributed by atoms with van der Waals surface area (Å²) in [4.78, 5) is 25.7. The Labute approximate surface area is 155 Å². The average Bonchev–Trinajstić information content (AvgIpc) is 3.20. The van der Waals surface area contributed by atoms with Gasteiger partial charge in [-0.15, -0.1) is 11.3 Å². The first-order chi connectivity index (χ1) is 12.5. The molecule has 0 aromatic carbocycles. The Morgan fingerprint density at radius 1 is 1.35 bits per heavy atom. The van der Waals surface area contributed by atoms with Crippen molar-refractivity contribution in [1.29, 1.82) is 0 Å². The Bertz CT molecular complexity index is 1030. The van der Waals surface area contributed by atoms with E-state index < -0.39 is 6.04 Å². The Morgan fingerprint density at radius 3 is 2.88 bits per heavy atom. The van der Waals surface area contributed by atoms with Crippen LogP contribution in [-0.4, -0.2) is 26.1 Å². The highest BCUT2D eigenvalue weighted by Crippen LogP contribution is 2.25. The molecular weight excluding hydrogens is 348 g/mol. The lowest BCUT2D eigenvalue weighted by molar-refractivity contribution is -0.125.